The minimum atomic E-state index is -0.557. The first-order valence-corrected chi connectivity index (χ1v) is 5.73. The molecule has 0 amide bonds. The van der Waals surface area contributed by atoms with Gasteiger partial charge in [-0.05, 0) is 31.3 Å². The highest BCUT2D eigenvalue weighted by Crippen LogP contribution is 2.37. The van der Waals surface area contributed by atoms with Crippen molar-refractivity contribution in [1.82, 2.24) is 0 Å². The van der Waals surface area contributed by atoms with Gasteiger partial charge < -0.3 is 9.84 Å². The van der Waals surface area contributed by atoms with Crippen molar-refractivity contribution in [2.75, 3.05) is 13.2 Å². The van der Waals surface area contributed by atoms with Gasteiger partial charge in [-0.2, -0.15) is 0 Å². The molecule has 1 N–H and O–H groups in total. The Balaban J connectivity index is 2.15. The molecule has 2 rings (SSSR count). The first-order valence-electron chi connectivity index (χ1n) is 5.73. The van der Waals surface area contributed by atoms with Gasteiger partial charge in [0.15, 0.2) is 0 Å². The van der Waals surface area contributed by atoms with Gasteiger partial charge >= 0.3 is 0 Å². The van der Waals surface area contributed by atoms with Crippen LogP contribution in [0.4, 0.5) is 0 Å². The summed E-state index contributed by atoms with van der Waals surface area (Å²) in [6.45, 7) is 3.50. The van der Waals surface area contributed by atoms with E-state index in [1.807, 2.05) is 0 Å². The lowest BCUT2D eigenvalue weighted by Gasteiger charge is -2.41. The molecular formula is C12H20O2. The maximum absolute atomic E-state index is 10.6. The molecule has 1 aliphatic heterocycles. The number of ether oxygens (including phenoxy) is 1. The fourth-order valence-electron chi connectivity index (χ4n) is 2.58. The molecule has 1 aliphatic carbocycles. The second kappa shape index (κ2) is 4.03. The van der Waals surface area contributed by atoms with Crippen LogP contribution in [0.3, 0.4) is 0 Å². The van der Waals surface area contributed by atoms with Gasteiger partial charge in [0.1, 0.15) is 0 Å². The van der Waals surface area contributed by atoms with Gasteiger partial charge in [0, 0.05) is 18.9 Å². The second-order valence-corrected chi connectivity index (χ2v) is 4.63. The molecule has 2 aliphatic rings. The summed E-state index contributed by atoms with van der Waals surface area (Å²) in [6.07, 6.45) is 7.78. The summed E-state index contributed by atoms with van der Waals surface area (Å²) >= 11 is 0. The minimum absolute atomic E-state index is 0.251. The molecule has 2 heteroatoms. The van der Waals surface area contributed by atoms with Crippen LogP contribution >= 0.6 is 0 Å². The molecule has 0 saturated carbocycles. The van der Waals surface area contributed by atoms with Crippen molar-refractivity contribution < 1.29 is 9.84 Å². The lowest BCUT2D eigenvalue weighted by molar-refractivity contribution is -0.0847. The fourth-order valence-corrected chi connectivity index (χ4v) is 2.58. The molecule has 0 aromatic heterocycles. The monoisotopic (exact) mass is 196 g/mol. The van der Waals surface area contributed by atoms with Crippen molar-refractivity contribution in [2.45, 2.75) is 44.6 Å². The predicted molar refractivity (Wildman–Crippen MR) is 56.1 cm³/mol. The molecule has 14 heavy (non-hydrogen) atoms. The summed E-state index contributed by atoms with van der Waals surface area (Å²) in [6, 6.07) is 0. The van der Waals surface area contributed by atoms with Crippen molar-refractivity contribution in [3.63, 3.8) is 0 Å². The molecular weight excluding hydrogens is 176 g/mol. The Bertz CT molecular complexity index is 234. The van der Waals surface area contributed by atoms with E-state index in [0.29, 0.717) is 13.2 Å². The Morgan fingerprint density at radius 1 is 1.50 bits per heavy atom. The summed E-state index contributed by atoms with van der Waals surface area (Å²) in [4.78, 5) is 0. The second-order valence-electron chi connectivity index (χ2n) is 4.63. The highest BCUT2D eigenvalue weighted by Gasteiger charge is 2.39. The van der Waals surface area contributed by atoms with Crippen molar-refractivity contribution in [1.29, 1.82) is 0 Å². The lowest BCUT2D eigenvalue weighted by Crippen LogP contribution is -2.45. The number of allylic oxidation sites excluding steroid dienone is 1. The minimum Gasteiger partial charge on any atom is -0.385 e. The Kier molecular flexibility index (Phi) is 2.93. The first kappa shape index (κ1) is 10.2. The summed E-state index contributed by atoms with van der Waals surface area (Å²) in [7, 11) is 0. The highest BCUT2D eigenvalue weighted by molar-refractivity contribution is 5.20. The molecule has 0 spiro atoms. The first-order chi connectivity index (χ1) is 6.73. The average molecular weight is 196 g/mol. The van der Waals surface area contributed by atoms with Gasteiger partial charge in [0.2, 0.25) is 0 Å². The third kappa shape index (κ3) is 1.73. The Morgan fingerprint density at radius 2 is 2.36 bits per heavy atom. The Labute approximate surface area is 86.0 Å². The van der Waals surface area contributed by atoms with E-state index in [1.165, 1.54) is 18.4 Å². The summed E-state index contributed by atoms with van der Waals surface area (Å²) in [5, 5.41) is 10.6. The lowest BCUT2D eigenvalue weighted by atomic mass is 9.75. The van der Waals surface area contributed by atoms with E-state index in [1.54, 1.807) is 0 Å². The quantitative estimate of drug-likeness (QED) is 0.652. The van der Waals surface area contributed by atoms with Crippen LogP contribution in [0, 0.1) is 5.92 Å². The van der Waals surface area contributed by atoms with Gasteiger partial charge in [-0.1, -0.05) is 13.0 Å². The van der Waals surface area contributed by atoms with Crippen molar-refractivity contribution in [2.24, 2.45) is 5.92 Å². The van der Waals surface area contributed by atoms with Crippen LogP contribution in [0.15, 0.2) is 11.6 Å². The van der Waals surface area contributed by atoms with Crippen LogP contribution in [0.1, 0.15) is 39.0 Å². The zero-order valence-corrected chi connectivity index (χ0v) is 8.96. The van der Waals surface area contributed by atoms with Crippen molar-refractivity contribution in [3.05, 3.63) is 11.6 Å². The zero-order valence-electron chi connectivity index (χ0n) is 8.96. The molecule has 80 valence electrons. The maximum atomic E-state index is 10.6. The SMILES string of the molecule is CC1COCCC1(O)C1=CCCCC1. The third-order valence-corrected chi connectivity index (χ3v) is 3.66. The Morgan fingerprint density at radius 3 is 3.00 bits per heavy atom. The van der Waals surface area contributed by atoms with Gasteiger partial charge in [-0.3, -0.25) is 0 Å². The summed E-state index contributed by atoms with van der Waals surface area (Å²) < 4.78 is 5.38. The molecule has 2 atom stereocenters. The molecule has 0 aromatic carbocycles. The Hall–Kier alpha value is -0.340. The van der Waals surface area contributed by atoms with E-state index >= 15 is 0 Å². The number of aliphatic hydroxyl groups is 1. The van der Waals surface area contributed by atoms with E-state index < -0.39 is 5.60 Å². The van der Waals surface area contributed by atoms with Crippen LogP contribution < -0.4 is 0 Å². The number of hydrogen-bond donors (Lipinski definition) is 1. The van der Waals surface area contributed by atoms with Gasteiger partial charge in [-0.15, -0.1) is 0 Å². The average Bonchev–Trinajstić information content (AvgIpc) is 2.24. The molecule has 1 saturated heterocycles. The number of rotatable bonds is 1. The topological polar surface area (TPSA) is 29.5 Å². The molecule has 2 nitrogen and oxygen atoms in total. The predicted octanol–water partition coefficient (Wildman–Crippen LogP) is 2.27. The van der Waals surface area contributed by atoms with Gasteiger partial charge in [-0.25, -0.2) is 0 Å². The van der Waals surface area contributed by atoms with E-state index in [2.05, 4.69) is 13.0 Å². The molecule has 0 aromatic rings. The van der Waals surface area contributed by atoms with Crippen molar-refractivity contribution in [3.8, 4) is 0 Å². The van der Waals surface area contributed by atoms with E-state index in [-0.39, 0.29) is 5.92 Å². The van der Waals surface area contributed by atoms with E-state index in [9.17, 15) is 5.11 Å². The zero-order chi connectivity index (χ0) is 10.0. The molecule has 0 radical (unpaired) electrons. The standard InChI is InChI=1S/C12H20O2/c1-10-9-14-8-7-12(10,13)11-5-3-2-4-6-11/h5,10,13H,2-4,6-9H2,1H3. The van der Waals surface area contributed by atoms with E-state index in [0.717, 1.165) is 19.3 Å². The summed E-state index contributed by atoms with van der Waals surface area (Å²) in [5.41, 5.74) is 0.720. The third-order valence-electron chi connectivity index (χ3n) is 3.66. The number of hydrogen-bond acceptors (Lipinski definition) is 2. The maximum Gasteiger partial charge on any atom is 0.0926 e. The van der Waals surface area contributed by atoms with Crippen LogP contribution in [0.25, 0.3) is 0 Å². The summed E-state index contributed by atoms with van der Waals surface area (Å²) in [5.74, 6) is 0.251. The normalized spacial score (nSPS) is 39.3. The van der Waals surface area contributed by atoms with Gasteiger partial charge in [0.05, 0.1) is 12.2 Å². The molecule has 1 fully saturated rings. The van der Waals surface area contributed by atoms with Crippen molar-refractivity contribution >= 4 is 0 Å². The molecule has 1 heterocycles. The molecule has 2 unspecified atom stereocenters. The van der Waals surface area contributed by atoms with Crippen LogP contribution in [0.5, 0.6) is 0 Å². The van der Waals surface area contributed by atoms with E-state index in [4.69, 9.17) is 4.74 Å². The fraction of sp³-hybridized carbons (Fsp3) is 0.833. The van der Waals surface area contributed by atoms with Crippen LogP contribution in [-0.2, 0) is 4.74 Å². The van der Waals surface area contributed by atoms with Gasteiger partial charge in [0.25, 0.3) is 0 Å². The largest absolute Gasteiger partial charge is 0.385 e. The molecule has 0 bridgehead atoms. The van der Waals surface area contributed by atoms with Crippen LogP contribution in [0.2, 0.25) is 0 Å². The van der Waals surface area contributed by atoms with Crippen LogP contribution in [-0.4, -0.2) is 23.9 Å². The highest BCUT2D eigenvalue weighted by atomic mass is 16.5. The smallest absolute Gasteiger partial charge is 0.0926 e.